The molecule has 1 N–H and O–H groups in total. The van der Waals surface area contributed by atoms with Crippen molar-refractivity contribution in [2.45, 2.75) is 12.5 Å². The minimum atomic E-state index is -0.271. The highest BCUT2D eigenvalue weighted by atomic mass is 19.1. The first-order valence-corrected chi connectivity index (χ1v) is 8.72. The van der Waals surface area contributed by atoms with Crippen LogP contribution in [0.3, 0.4) is 0 Å². The summed E-state index contributed by atoms with van der Waals surface area (Å²) < 4.78 is 15.4. The smallest absolute Gasteiger partial charge is 0.255 e. The molecule has 8 heteroatoms. The third kappa shape index (κ3) is 3.51. The lowest BCUT2D eigenvalue weighted by Crippen LogP contribution is -2.32. The Labute approximate surface area is 155 Å². The summed E-state index contributed by atoms with van der Waals surface area (Å²) in [5, 5.41) is 3.24. The van der Waals surface area contributed by atoms with Gasteiger partial charge < -0.3 is 10.2 Å². The van der Waals surface area contributed by atoms with Crippen LogP contribution in [0.15, 0.2) is 53.7 Å². The largest absolute Gasteiger partial charge is 0.378 e. The zero-order valence-corrected chi connectivity index (χ0v) is 14.8. The van der Waals surface area contributed by atoms with E-state index in [9.17, 15) is 9.18 Å². The van der Waals surface area contributed by atoms with E-state index in [0.29, 0.717) is 29.6 Å². The van der Waals surface area contributed by atoms with Crippen molar-refractivity contribution in [3.63, 3.8) is 0 Å². The van der Waals surface area contributed by atoms with Crippen molar-refractivity contribution >= 4 is 11.6 Å². The minimum Gasteiger partial charge on any atom is -0.378 e. The van der Waals surface area contributed by atoms with Crippen LogP contribution in [-0.4, -0.2) is 38.7 Å². The van der Waals surface area contributed by atoms with E-state index in [1.807, 2.05) is 4.90 Å². The minimum absolute atomic E-state index is 0.0708. The predicted octanol–water partition coefficient (Wildman–Crippen LogP) is 2.07. The van der Waals surface area contributed by atoms with Crippen molar-refractivity contribution in [1.82, 2.24) is 19.5 Å². The van der Waals surface area contributed by atoms with Gasteiger partial charge in [0.1, 0.15) is 12.1 Å². The highest BCUT2D eigenvalue weighted by Crippen LogP contribution is 2.23. The van der Waals surface area contributed by atoms with E-state index in [2.05, 4.69) is 20.3 Å². The number of halogens is 1. The van der Waals surface area contributed by atoms with Gasteiger partial charge in [-0.15, -0.1) is 0 Å². The number of nitrogens with zero attached hydrogens (tertiary/aromatic N) is 5. The fourth-order valence-electron chi connectivity index (χ4n) is 3.24. The molecular formula is C19H19FN6O. The van der Waals surface area contributed by atoms with Crippen LogP contribution in [0.2, 0.25) is 0 Å². The molecule has 0 amide bonds. The molecule has 3 heterocycles. The number of benzene rings is 1. The van der Waals surface area contributed by atoms with E-state index < -0.39 is 0 Å². The molecule has 1 aliphatic heterocycles. The molecule has 0 bridgehead atoms. The second-order valence-corrected chi connectivity index (χ2v) is 6.49. The van der Waals surface area contributed by atoms with Gasteiger partial charge >= 0.3 is 0 Å². The lowest BCUT2D eigenvalue weighted by Gasteiger charge is -2.21. The Morgan fingerprint density at radius 2 is 2.07 bits per heavy atom. The summed E-state index contributed by atoms with van der Waals surface area (Å²) in [6.07, 6.45) is 3.87. The molecule has 1 fully saturated rings. The maximum atomic E-state index is 13.9. The van der Waals surface area contributed by atoms with Crippen LogP contribution in [-0.2, 0) is 7.05 Å². The third-order valence-corrected chi connectivity index (χ3v) is 4.66. The molecule has 0 spiro atoms. The average Bonchev–Trinajstić information content (AvgIpc) is 3.15. The molecular weight excluding hydrogens is 347 g/mol. The number of hydrogen-bond acceptors (Lipinski definition) is 6. The van der Waals surface area contributed by atoms with Crippen molar-refractivity contribution in [2.75, 3.05) is 23.3 Å². The van der Waals surface area contributed by atoms with E-state index in [0.717, 1.165) is 13.0 Å². The van der Waals surface area contributed by atoms with E-state index in [1.165, 1.54) is 23.0 Å². The second-order valence-electron chi connectivity index (χ2n) is 6.49. The summed E-state index contributed by atoms with van der Waals surface area (Å²) >= 11 is 0. The number of para-hydroxylation sites is 1. The van der Waals surface area contributed by atoms with Crippen molar-refractivity contribution in [3.8, 4) is 11.4 Å². The first kappa shape index (κ1) is 17.1. The Bertz CT molecular complexity index is 1010. The fraction of sp³-hybridized carbons (Fsp3) is 0.263. The topological polar surface area (TPSA) is 75.9 Å². The van der Waals surface area contributed by atoms with Crippen molar-refractivity contribution in [3.05, 3.63) is 65.1 Å². The van der Waals surface area contributed by atoms with Gasteiger partial charge in [-0.1, -0.05) is 12.1 Å². The monoisotopic (exact) mass is 366 g/mol. The van der Waals surface area contributed by atoms with Crippen molar-refractivity contribution in [1.29, 1.82) is 0 Å². The molecule has 0 unspecified atom stereocenters. The summed E-state index contributed by atoms with van der Waals surface area (Å²) in [5.74, 6) is 0.307. The SMILES string of the molecule is Cn1c(N2CC[C@H](Nc3ccccc3F)C2)nc(-c2ccncn2)cc1=O. The predicted molar refractivity (Wildman–Crippen MR) is 101 cm³/mol. The van der Waals surface area contributed by atoms with Gasteiger partial charge in [0.25, 0.3) is 5.56 Å². The van der Waals surface area contributed by atoms with Crippen LogP contribution in [0, 0.1) is 5.82 Å². The summed E-state index contributed by atoms with van der Waals surface area (Å²) in [4.78, 5) is 27.1. The Hall–Kier alpha value is -3.29. The van der Waals surface area contributed by atoms with E-state index >= 15 is 0 Å². The molecule has 0 radical (unpaired) electrons. The fourth-order valence-corrected chi connectivity index (χ4v) is 3.24. The molecule has 1 saturated heterocycles. The maximum absolute atomic E-state index is 13.9. The number of aromatic nitrogens is 4. The van der Waals surface area contributed by atoms with Crippen molar-refractivity contribution < 1.29 is 4.39 Å². The summed E-state index contributed by atoms with van der Waals surface area (Å²) in [6, 6.07) is 9.89. The molecule has 27 heavy (non-hydrogen) atoms. The molecule has 1 aliphatic rings. The van der Waals surface area contributed by atoms with Crippen LogP contribution >= 0.6 is 0 Å². The highest BCUT2D eigenvalue weighted by Gasteiger charge is 2.26. The van der Waals surface area contributed by atoms with Crippen LogP contribution in [0.25, 0.3) is 11.4 Å². The first-order valence-electron chi connectivity index (χ1n) is 8.72. The van der Waals surface area contributed by atoms with Crippen LogP contribution in [0.4, 0.5) is 16.0 Å². The summed E-state index contributed by atoms with van der Waals surface area (Å²) in [6.45, 7) is 1.35. The van der Waals surface area contributed by atoms with Crippen LogP contribution in [0.5, 0.6) is 0 Å². The quantitative estimate of drug-likeness (QED) is 0.762. The molecule has 4 rings (SSSR count). The average molecular weight is 366 g/mol. The third-order valence-electron chi connectivity index (χ3n) is 4.66. The number of nitrogens with one attached hydrogen (secondary N) is 1. The number of anilines is 2. The Balaban J connectivity index is 1.58. The molecule has 2 aromatic heterocycles. The van der Waals surface area contributed by atoms with Gasteiger partial charge in [-0.05, 0) is 24.6 Å². The van der Waals surface area contributed by atoms with Crippen molar-refractivity contribution in [2.24, 2.45) is 7.05 Å². The van der Waals surface area contributed by atoms with E-state index in [1.54, 1.807) is 37.5 Å². The normalized spacial score (nSPS) is 16.5. The molecule has 138 valence electrons. The first-order chi connectivity index (χ1) is 13.1. The van der Waals surface area contributed by atoms with Crippen LogP contribution in [0.1, 0.15) is 6.42 Å². The molecule has 1 atom stereocenters. The maximum Gasteiger partial charge on any atom is 0.255 e. The summed E-state index contributed by atoms with van der Waals surface area (Å²) in [7, 11) is 1.70. The zero-order valence-electron chi connectivity index (χ0n) is 14.8. The highest BCUT2D eigenvalue weighted by molar-refractivity contribution is 5.55. The Morgan fingerprint density at radius 3 is 2.85 bits per heavy atom. The lowest BCUT2D eigenvalue weighted by molar-refractivity contribution is 0.626. The molecule has 1 aromatic carbocycles. The van der Waals surface area contributed by atoms with Gasteiger partial charge in [-0.3, -0.25) is 9.36 Å². The lowest BCUT2D eigenvalue weighted by atomic mass is 10.2. The van der Waals surface area contributed by atoms with Gasteiger partial charge in [0.2, 0.25) is 5.95 Å². The molecule has 0 aliphatic carbocycles. The van der Waals surface area contributed by atoms with Gasteiger partial charge in [0, 0.05) is 38.4 Å². The zero-order chi connectivity index (χ0) is 18.8. The number of hydrogen-bond donors (Lipinski definition) is 1. The van der Waals surface area contributed by atoms with Crippen LogP contribution < -0.4 is 15.8 Å². The van der Waals surface area contributed by atoms with Gasteiger partial charge in [0.05, 0.1) is 17.1 Å². The molecule has 0 saturated carbocycles. The molecule has 3 aromatic rings. The molecule has 7 nitrogen and oxygen atoms in total. The second kappa shape index (κ2) is 7.14. The Morgan fingerprint density at radius 1 is 1.22 bits per heavy atom. The summed E-state index contributed by atoms with van der Waals surface area (Å²) in [5.41, 5.74) is 1.45. The van der Waals surface area contributed by atoms with Gasteiger partial charge in [-0.25, -0.2) is 19.3 Å². The van der Waals surface area contributed by atoms with E-state index in [4.69, 9.17) is 0 Å². The van der Waals surface area contributed by atoms with E-state index in [-0.39, 0.29) is 17.4 Å². The van der Waals surface area contributed by atoms with Gasteiger partial charge in [0.15, 0.2) is 0 Å². The number of rotatable bonds is 4. The van der Waals surface area contributed by atoms with Gasteiger partial charge in [-0.2, -0.15) is 0 Å². The standard InChI is InChI=1S/C19H19FN6O/c1-25-18(27)10-17(16-6-8-21-12-22-16)24-19(25)26-9-7-13(11-26)23-15-5-3-2-4-14(15)20/h2-6,8,10,12-13,23H,7,9,11H2,1H3/t13-/m0/s1. The Kier molecular flexibility index (Phi) is 4.53.